The van der Waals surface area contributed by atoms with E-state index in [1.807, 2.05) is 42.5 Å². The van der Waals surface area contributed by atoms with Crippen molar-refractivity contribution in [3.05, 3.63) is 48.0 Å². The Morgan fingerprint density at radius 1 is 1.00 bits per heavy atom. The van der Waals surface area contributed by atoms with Crippen molar-refractivity contribution in [1.29, 1.82) is 0 Å². The van der Waals surface area contributed by atoms with Gasteiger partial charge in [0.05, 0.1) is 12.2 Å². The van der Waals surface area contributed by atoms with Gasteiger partial charge in [-0.1, -0.05) is 55.7 Å². The lowest BCUT2D eigenvalue weighted by Crippen LogP contribution is -2.17. The van der Waals surface area contributed by atoms with Crippen molar-refractivity contribution in [2.24, 2.45) is 5.92 Å². The van der Waals surface area contributed by atoms with Crippen LogP contribution in [0, 0.1) is 5.92 Å². The number of ether oxygens (including phenoxy) is 1. The standard InChI is InChI=1S/C18H20O2/c19-18(20-13-14-7-2-1-3-8-14)17-12-6-10-15-9-4-5-11-16(15)17/h4-6,9-12,14H,1-3,7-8,13H2. The SMILES string of the molecule is O=C(OCC1CCCCC1)c1cccc2ccccc12. The van der Waals surface area contributed by atoms with Crippen molar-refractivity contribution in [1.82, 2.24) is 0 Å². The minimum Gasteiger partial charge on any atom is -0.462 e. The van der Waals surface area contributed by atoms with E-state index in [1.54, 1.807) is 0 Å². The second-order valence-electron chi connectivity index (χ2n) is 5.63. The first-order chi connectivity index (χ1) is 9.84. The van der Waals surface area contributed by atoms with Gasteiger partial charge in [-0.25, -0.2) is 4.79 Å². The summed E-state index contributed by atoms with van der Waals surface area (Å²) in [5.74, 6) is 0.370. The number of rotatable bonds is 3. The van der Waals surface area contributed by atoms with Gasteiger partial charge in [-0.15, -0.1) is 0 Å². The summed E-state index contributed by atoms with van der Waals surface area (Å²) < 4.78 is 5.54. The maximum Gasteiger partial charge on any atom is 0.338 e. The lowest BCUT2D eigenvalue weighted by Gasteiger charge is -2.21. The van der Waals surface area contributed by atoms with Gasteiger partial charge in [-0.3, -0.25) is 0 Å². The Balaban J connectivity index is 1.72. The summed E-state index contributed by atoms with van der Waals surface area (Å²) in [4.78, 5) is 12.3. The van der Waals surface area contributed by atoms with Crippen molar-refractivity contribution in [3.8, 4) is 0 Å². The predicted octanol–water partition coefficient (Wildman–Crippen LogP) is 4.58. The van der Waals surface area contributed by atoms with E-state index in [4.69, 9.17) is 4.74 Å². The van der Waals surface area contributed by atoms with Crippen LogP contribution in [0.4, 0.5) is 0 Å². The van der Waals surface area contributed by atoms with E-state index in [0.29, 0.717) is 18.1 Å². The Labute approximate surface area is 119 Å². The first kappa shape index (κ1) is 13.2. The van der Waals surface area contributed by atoms with Gasteiger partial charge >= 0.3 is 5.97 Å². The molecule has 104 valence electrons. The fourth-order valence-corrected chi connectivity index (χ4v) is 3.03. The van der Waals surface area contributed by atoms with Crippen LogP contribution in [0.15, 0.2) is 42.5 Å². The summed E-state index contributed by atoms with van der Waals surface area (Å²) in [6, 6.07) is 13.7. The Morgan fingerprint density at radius 3 is 2.60 bits per heavy atom. The Hall–Kier alpha value is -1.83. The van der Waals surface area contributed by atoms with Crippen LogP contribution >= 0.6 is 0 Å². The molecule has 1 aliphatic carbocycles. The Kier molecular flexibility index (Phi) is 4.00. The van der Waals surface area contributed by atoms with E-state index in [0.717, 1.165) is 10.8 Å². The number of esters is 1. The fourth-order valence-electron chi connectivity index (χ4n) is 3.03. The summed E-state index contributed by atoms with van der Waals surface area (Å²) >= 11 is 0. The molecular formula is C18H20O2. The second-order valence-corrected chi connectivity index (χ2v) is 5.63. The first-order valence-electron chi connectivity index (χ1n) is 7.49. The highest BCUT2D eigenvalue weighted by molar-refractivity contribution is 6.04. The van der Waals surface area contributed by atoms with Crippen LogP contribution in [0.1, 0.15) is 42.5 Å². The average molecular weight is 268 g/mol. The molecule has 0 atom stereocenters. The van der Waals surface area contributed by atoms with Crippen LogP contribution in [-0.2, 0) is 4.74 Å². The van der Waals surface area contributed by atoms with Crippen LogP contribution < -0.4 is 0 Å². The second kappa shape index (κ2) is 6.08. The van der Waals surface area contributed by atoms with Gasteiger partial charge in [0, 0.05) is 0 Å². The monoisotopic (exact) mass is 268 g/mol. The molecule has 1 fully saturated rings. The summed E-state index contributed by atoms with van der Waals surface area (Å²) in [6.45, 7) is 0.571. The molecule has 0 spiro atoms. The van der Waals surface area contributed by atoms with E-state index >= 15 is 0 Å². The average Bonchev–Trinajstić information content (AvgIpc) is 2.53. The molecular weight excluding hydrogens is 248 g/mol. The number of hydrogen-bond donors (Lipinski definition) is 0. The molecule has 3 rings (SSSR count). The number of benzene rings is 2. The lowest BCUT2D eigenvalue weighted by molar-refractivity contribution is 0.0412. The molecule has 0 unspecified atom stereocenters. The highest BCUT2D eigenvalue weighted by Gasteiger charge is 2.17. The zero-order valence-corrected chi connectivity index (χ0v) is 11.7. The molecule has 0 radical (unpaired) electrons. The first-order valence-corrected chi connectivity index (χ1v) is 7.49. The van der Waals surface area contributed by atoms with E-state index in [9.17, 15) is 4.79 Å². The Morgan fingerprint density at radius 2 is 1.75 bits per heavy atom. The minimum absolute atomic E-state index is 0.188. The molecule has 2 heteroatoms. The fraction of sp³-hybridized carbons (Fsp3) is 0.389. The maximum atomic E-state index is 12.3. The molecule has 1 aliphatic rings. The van der Waals surface area contributed by atoms with Crippen molar-refractivity contribution in [3.63, 3.8) is 0 Å². The number of carbonyl (C=O) groups is 1. The third kappa shape index (κ3) is 2.84. The molecule has 2 aromatic rings. The van der Waals surface area contributed by atoms with E-state index in [2.05, 4.69) is 0 Å². The Bertz CT molecular complexity index is 592. The van der Waals surface area contributed by atoms with Crippen LogP contribution in [0.2, 0.25) is 0 Å². The van der Waals surface area contributed by atoms with Crippen molar-refractivity contribution >= 4 is 16.7 Å². The smallest absolute Gasteiger partial charge is 0.338 e. The van der Waals surface area contributed by atoms with E-state index < -0.39 is 0 Å². The molecule has 0 amide bonds. The predicted molar refractivity (Wildman–Crippen MR) is 80.8 cm³/mol. The van der Waals surface area contributed by atoms with Crippen molar-refractivity contribution in [2.75, 3.05) is 6.61 Å². The van der Waals surface area contributed by atoms with E-state index in [1.165, 1.54) is 32.1 Å². The minimum atomic E-state index is -0.188. The maximum absolute atomic E-state index is 12.3. The van der Waals surface area contributed by atoms with Gasteiger partial charge in [0.2, 0.25) is 0 Å². The summed E-state index contributed by atoms with van der Waals surface area (Å²) in [5.41, 5.74) is 0.680. The molecule has 2 aromatic carbocycles. The van der Waals surface area contributed by atoms with Gasteiger partial charge < -0.3 is 4.74 Å². The zero-order chi connectivity index (χ0) is 13.8. The van der Waals surface area contributed by atoms with Crippen molar-refractivity contribution < 1.29 is 9.53 Å². The summed E-state index contributed by atoms with van der Waals surface area (Å²) in [6.07, 6.45) is 6.27. The third-order valence-corrected chi connectivity index (χ3v) is 4.18. The topological polar surface area (TPSA) is 26.3 Å². The van der Waals surface area contributed by atoms with Crippen LogP contribution in [-0.4, -0.2) is 12.6 Å². The molecule has 0 heterocycles. The van der Waals surface area contributed by atoms with Gasteiger partial charge in [-0.05, 0) is 35.6 Å². The highest BCUT2D eigenvalue weighted by atomic mass is 16.5. The third-order valence-electron chi connectivity index (χ3n) is 4.18. The molecule has 0 saturated heterocycles. The lowest BCUT2D eigenvalue weighted by atomic mass is 9.90. The zero-order valence-electron chi connectivity index (χ0n) is 11.7. The number of hydrogen-bond acceptors (Lipinski definition) is 2. The normalized spacial score (nSPS) is 16.2. The molecule has 0 aromatic heterocycles. The number of fused-ring (bicyclic) bond motifs is 1. The molecule has 0 aliphatic heterocycles. The van der Waals surface area contributed by atoms with Gasteiger partial charge in [0.25, 0.3) is 0 Å². The van der Waals surface area contributed by atoms with Gasteiger partial charge in [0.1, 0.15) is 0 Å². The van der Waals surface area contributed by atoms with Gasteiger partial charge in [-0.2, -0.15) is 0 Å². The van der Waals surface area contributed by atoms with Crippen LogP contribution in [0.5, 0.6) is 0 Å². The highest BCUT2D eigenvalue weighted by Crippen LogP contribution is 2.25. The summed E-state index contributed by atoms with van der Waals surface area (Å²) in [7, 11) is 0. The largest absolute Gasteiger partial charge is 0.462 e. The number of carbonyl (C=O) groups excluding carboxylic acids is 1. The summed E-state index contributed by atoms with van der Waals surface area (Å²) in [5, 5.41) is 2.06. The van der Waals surface area contributed by atoms with Crippen molar-refractivity contribution in [2.45, 2.75) is 32.1 Å². The van der Waals surface area contributed by atoms with E-state index in [-0.39, 0.29) is 5.97 Å². The molecule has 0 N–H and O–H groups in total. The van der Waals surface area contributed by atoms with Crippen LogP contribution in [0.25, 0.3) is 10.8 Å². The molecule has 2 nitrogen and oxygen atoms in total. The quantitative estimate of drug-likeness (QED) is 0.762. The molecule has 0 bridgehead atoms. The van der Waals surface area contributed by atoms with Crippen LogP contribution in [0.3, 0.4) is 0 Å². The molecule has 20 heavy (non-hydrogen) atoms. The molecule has 1 saturated carbocycles. The van der Waals surface area contributed by atoms with Gasteiger partial charge in [0.15, 0.2) is 0 Å².